The van der Waals surface area contributed by atoms with Crippen LogP contribution in [0.1, 0.15) is 30.6 Å². The molecule has 0 radical (unpaired) electrons. The lowest BCUT2D eigenvalue weighted by molar-refractivity contribution is -0.132. The van der Waals surface area contributed by atoms with Crippen LogP contribution in [0.4, 0.5) is 15.8 Å². The highest BCUT2D eigenvalue weighted by Gasteiger charge is 2.21. The second-order valence-corrected chi connectivity index (χ2v) is 8.34. The van der Waals surface area contributed by atoms with Gasteiger partial charge in [0.15, 0.2) is 5.11 Å². The number of piperazine rings is 1. The number of benzene rings is 2. The molecule has 1 aliphatic heterocycles. The monoisotopic (exact) mass is 442 g/mol. The third-order valence-electron chi connectivity index (χ3n) is 5.04. The van der Waals surface area contributed by atoms with E-state index in [-0.39, 0.29) is 11.0 Å². The molecule has 8 heteroatoms. The number of nitrogens with one attached hydrogen (secondary N) is 2. The average Bonchev–Trinajstić information content (AvgIpc) is 2.74. The molecule has 0 bridgehead atoms. The van der Waals surface area contributed by atoms with E-state index in [1.54, 1.807) is 0 Å². The molecule has 2 N–H and O–H groups in total. The lowest BCUT2D eigenvalue weighted by Gasteiger charge is -2.36. The van der Waals surface area contributed by atoms with Gasteiger partial charge in [-0.25, -0.2) is 4.39 Å². The van der Waals surface area contributed by atoms with Crippen molar-refractivity contribution in [3.8, 4) is 0 Å². The third-order valence-corrected chi connectivity index (χ3v) is 5.24. The van der Waals surface area contributed by atoms with E-state index in [1.807, 2.05) is 29.2 Å². The van der Waals surface area contributed by atoms with E-state index in [1.165, 1.54) is 24.3 Å². The van der Waals surface area contributed by atoms with E-state index >= 15 is 0 Å². The third kappa shape index (κ3) is 6.49. The van der Waals surface area contributed by atoms with Crippen molar-refractivity contribution in [1.29, 1.82) is 0 Å². The summed E-state index contributed by atoms with van der Waals surface area (Å²) in [6.07, 6.45) is 0.595. The lowest BCUT2D eigenvalue weighted by atomic mass is 10.1. The molecule has 2 aromatic rings. The fourth-order valence-corrected chi connectivity index (χ4v) is 3.60. The van der Waals surface area contributed by atoms with Crippen LogP contribution in [0.5, 0.6) is 0 Å². The van der Waals surface area contributed by atoms with Crippen LogP contribution in [0.2, 0.25) is 0 Å². The smallest absolute Gasteiger partial charge is 0.257 e. The van der Waals surface area contributed by atoms with Gasteiger partial charge in [0, 0.05) is 49.5 Å². The van der Waals surface area contributed by atoms with Crippen molar-refractivity contribution in [1.82, 2.24) is 10.2 Å². The van der Waals surface area contributed by atoms with Gasteiger partial charge in [-0.15, -0.1) is 0 Å². The van der Waals surface area contributed by atoms with Crippen molar-refractivity contribution in [2.24, 2.45) is 5.92 Å². The average molecular weight is 443 g/mol. The molecule has 6 nitrogen and oxygen atoms in total. The first-order valence-corrected chi connectivity index (χ1v) is 10.7. The van der Waals surface area contributed by atoms with Crippen LogP contribution in [0.3, 0.4) is 0 Å². The topological polar surface area (TPSA) is 64.7 Å². The number of amides is 2. The van der Waals surface area contributed by atoms with E-state index in [0.717, 1.165) is 37.6 Å². The minimum atomic E-state index is -0.404. The highest BCUT2D eigenvalue weighted by molar-refractivity contribution is 7.80. The van der Waals surface area contributed by atoms with Gasteiger partial charge in [0.25, 0.3) is 5.91 Å². The quantitative estimate of drug-likeness (QED) is 0.692. The van der Waals surface area contributed by atoms with E-state index in [9.17, 15) is 14.0 Å². The summed E-state index contributed by atoms with van der Waals surface area (Å²) in [4.78, 5) is 28.6. The van der Waals surface area contributed by atoms with Crippen molar-refractivity contribution in [2.75, 3.05) is 36.4 Å². The zero-order valence-electron chi connectivity index (χ0n) is 17.7. The van der Waals surface area contributed by atoms with Crippen molar-refractivity contribution in [3.63, 3.8) is 0 Å². The van der Waals surface area contributed by atoms with Crippen LogP contribution in [0, 0.1) is 11.7 Å². The first kappa shape index (κ1) is 22.7. The predicted molar refractivity (Wildman–Crippen MR) is 125 cm³/mol. The zero-order valence-corrected chi connectivity index (χ0v) is 18.5. The van der Waals surface area contributed by atoms with Gasteiger partial charge in [-0.1, -0.05) is 13.8 Å². The number of carbonyl (C=O) groups is 2. The number of halogens is 1. The Morgan fingerprint density at radius 1 is 1.00 bits per heavy atom. The lowest BCUT2D eigenvalue weighted by Crippen LogP contribution is -2.49. The molecule has 1 aliphatic rings. The Morgan fingerprint density at radius 2 is 1.61 bits per heavy atom. The molecule has 0 atom stereocenters. The minimum Gasteiger partial charge on any atom is -0.368 e. The van der Waals surface area contributed by atoms with Crippen LogP contribution in [0.25, 0.3) is 0 Å². The number of hydrogen-bond donors (Lipinski definition) is 2. The van der Waals surface area contributed by atoms with Gasteiger partial charge < -0.3 is 15.1 Å². The normalized spacial score (nSPS) is 13.8. The standard InChI is InChI=1S/C23H27FN4O2S/c1-16(2)15-21(29)28-13-11-27(12-14-28)20-9-7-19(8-10-20)25-23(31)26-22(30)17-3-5-18(24)6-4-17/h3-10,16H,11-15H2,1-2H3,(H2,25,26,30,31). The molecular formula is C23H27FN4O2S. The molecule has 2 amide bonds. The van der Waals surface area contributed by atoms with Gasteiger partial charge in [-0.2, -0.15) is 0 Å². The number of anilines is 2. The summed E-state index contributed by atoms with van der Waals surface area (Å²) in [6.45, 7) is 7.16. The van der Waals surface area contributed by atoms with Gasteiger partial charge in [-0.3, -0.25) is 14.9 Å². The van der Waals surface area contributed by atoms with Crippen molar-refractivity contribution in [2.45, 2.75) is 20.3 Å². The van der Waals surface area contributed by atoms with Gasteiger partial charge in [0.1, 0.15) is 5.82 Å². The fourth-order valence-electron chi connectivity index (χ4n) is 3.39. The van der Waals surface area contributed by atoms with Crippen LogP contribution in [-0.2, 0) is 4.79 Å². The maximum Gasteiger partial charge on any atom is 0.257 e. The molecule has 164 valence electrons. The number of thiocarbonyl (C=S) groups is 1. The first-order valence-electron chi connectivity index (χ1n) is 10.3. The summed E-state index contributed by atoms with van der Waals surface area (Å²) in [5.41, 5.74) is 2.15. The Labute approximate surface area is 187 Å². The summed E-state index contributed by atoms with van der Waals surface area (Å²) >= 11 is 5.20. The molecule has 0 unspecified atom stereocenters. The van der Waals surface area contributed by atoms with E-state index in [4.69, 9.17) is 12.2 Å². The van der Waals surface area contributed by atoms with E-state index < -0.39 is 11.7 Å². The fraction of sp³-hybridized carbons (Fsp3) is 0.348. The van der Waals surface area contributed by atoms with Crippen LogP contribution >= 0.6 is 12.2 Å². The van der Waals surface area contributed by atoms with Crippen LogP contribution in [-0.4, -0.2) is 48.0 Å². The minimum absolute atomic E-state index is 0.166. The number of hydrogen-bond acceptors (Lipinski definition) is 4. The highest BCUT2D eigenvalue weighted by Crippen LogP contribution is 2.20. The molecule has 0 spiro atoms. The largest absolute Gasteiger partial charge is 0.368 e. The zero-order chi connectivity index (χ0) is 22.4. The second kappa shape index (κ2) is 10.3. The Morgan fingerprint density at radius 3 is 2.19 bits per heavy atom. The number of rotatable bonds is 5. The first-order chi connectivity index (χ1) is 14.8. The van der Waals surface area contributed by atoms with Gasteiger partial charge in [-0.05, 0) is 66.7 Å². The maximum atomic E-state index is 13.0. The van der Waals surface area contributed by atoms with Crippen LogP contribution in [0.15, 0.2) is 48.5 Å². The van der Waals surface area contributed by atoms with E-state index in [2.05, 4.69) is 29.4 Å². The van der Waals surface area contributed by atoms with Crippen LogP contribution < -0.4 is 15.5 Å². The molecule has 1 fully saturated rings. The molecular weight excluding hydrogens is 415 g/mol. The van der Waals surface area contributed by atoms with Gasteiger partial charge in [0.05, 0.1) is 0 Å². The molecule has 3 rings (SSSR count). The Bertz CT molecular complexity index is 924. The molecule has 0 aromatic heterocycles. The highest BCUT2D eigenvalue weighted by atomic mass is 32.1. The molecule has 2 aromatic carbocycles. The molecule has 1 saturated heterocycles. The van der Waals surface area contributed by atoms with E-state index in [0.29, 0.717) is 17.9 Å². The van der Waals surface area contributed by atoms with Gasteiger partial charge in [0.2, 0.25) is 5.91 Å². The molecule has 1 heterocycles. The summed E-state index contributed by atoms with van der Waals surface area (Å²) in [6, 6.07) is 13.0. The van der Waals surface area contributed by atoms with Crippen molar-refractivity contribution < 1.29 is 14.0 Å². The summed E-state index contributed by atoms with van der Waals surface area (Å²) in [7, 11) is 0. The van der Waals surface area contributed by atoms with Crippen molar-refractivity contribution in [3.05, 3.63) is 59.9 Å². The summed E-state index contributed by atoms with van der Waals surface area (Å²) in [5, 5.41) is 5.73. The Balaban J connectivity index is 1.49. The second-order valence-electron chi connectivity index (χ2n) is 7.93. The van der Waals surface area contributed by atoms with Gasteiger partial charge >= 0.3 is 0 Å². The summed E-state index contributed by atoms with van der Waals surface area (Å²) in [5.74, 6) is -0.206. The molecule has 31 heavy (non-hydrogen) atoms. The number of carbonyl (C=O) groups excluding carboxylic acids is 2. The SMILES string of the molecule is CC(C)CC(=O)N1CCN(c2ccc(NC(=S)NC(=O)c3ccc(F)cc3)cc2)CC1. The summed E-state index contributed by atoms with van der Waals surface area (Å²) < 4.78 is 13.0. The maximum absolute atomic E-state index is 13.0. The molecule has 0 aliphatic carbocycles. The Hall–Kier alpha value is -3.00. The molecule has 0 saturated carbocycles. The Kier molecular flexibility index (Phi) is 7.57. The van der Waals surface area contributed by atoms with Crippen molar-refractivity contribution >= 4 is 40.5 Å². The number of nitrogens with zero attached hydrogens (tertiary/aromatic N) is 2. The predicted octanol–water partition coefficient (Wildman–Crippen LogP) is 3.65.